The molecule has 132 valence electrons. The van der Waals surface area contributed by atoms with Gasteiger partial charge in [-0.3, -0.25) is 0 Å². The first-order chi connectivity index (χ1) is 12.6. The minimum absolute atomic E-state index is 0.414. The lowest BCUT2D eigenvalue weighted by Crippen LogP contribution is -2.39. The van der Waals surface area contributed by atoms with Gasteiger partial charge in [0, 0.05) is 18.4 Å². The molecule has 1 fully saturated rings. The number of pyridine rings is 1. The first kappa shape index (κ1) is 17.9. The Morgan fingerprint density at radius 3 is 2.77 bits per heavy atom. The SMILES string of the molecule is CC1=C(C#N)C(S)C(C#N)=C2COCCN12.Nc1nccc2occc12. The molecule has 0 saturated carbocycles. The summed E-state index contributed by atoms with van der Waals surface area (Å²) in [6.07, 6.45) is 3.23. The van der Waals surface area contributed by atoms with Crippen molar-refractivity contribution in [2.24, 2.45) is 0 Å². The van der Waals surface area contributed by atoms with Gasteiger partial charge in [-0.2, -0.15) is 23.2 Å². The zero-order valence-corrected chi connectivity index (χ0v) is 15.0. The Kier molecular flexibility index (Phi) is 5.17. The van der Waals surface area contributed by atoms with Crippen LogP contribution in [0.5, 0.6) is 0 Å². The van der Waals surface area contributed by atoms with Crippen LogP contribution in [0.15, 0.2) is 51.6 Å². The number of allylic oxidation sites excluding steroid dienone is 1. The van der Waals surface area contributed by atoms with Gasteiger partial charge in [0.1, 0.15) is 11.4 Å². The summed E-state index contributed by atoms with van der Waals surface area (Å²) >= 11 is 4.34. The van der Waals surface area contributed by atoms with Gasteiger partial charge in [0.25, 0.3) is 0 Å². The summed E-state index contributed by atoms with van der Waals surface area (Å²) in [7, 11) is 0. The van der Waals surface area contributed by atoms with Crippen LogP contribution in [-0.4, -0.2) is 34.9 Å². The second-order valence-corrected chi connectivity index (χ2v) is 6.23. The maximum absolute atomic E-state index is 9.13. The molecule has 0 aliphatic carbocycles. The number of anilines is 1. The molecule has 2 aromatic rings. The van der Waals surface area contributed by atoms with Crippen molar-refractivity contribution in [2.75, 3.05) is 25.5 Å². The van der Waals surface area contributed by atoms with Crippen LogP contribution in [0, 0.1) is 22.7 Å². The lowest BCUT2D eigenvalue weighted by atomic mass is 9.96. The molecule has 8 heteroatoms. The van der Waals surface area contributed by atoms with Gasteiger partial charge >= 0.3 is 0 Å². The van der Waals surface area contributed by atoms with Crippen LogP contribution >= 0.6 is 12.6 Å². The molecule has 0 spiro atoms. The molecule has 0 aromatic carbocycles. The fraction of sp³-hybridized carbons (Fsp3) is 0.278. The van der Waals surface area contributed by atoms with Gasteiger partial charge in [0.05, 0.1) is 59.1 Å². The molecular weight excluding hydrogens is 350 g/mol. The summed E-state index contributed by atoms with van der Waals surface area (Å²) < 4.78 is 10.4. The van der Waals surface area contributed by atoms with Crippen molar-refractivity contribution >= 4 is 29.4 Å². The van der Waals surface area contributed by atoms with Crippen molar-refractivity contribution in [3.63, 3.8) is 0 Å². The Balaban J connectivity index is 0.000000167. The second-order valence-electron chi connectivity index (χ2n) is 5.72. The van der Waals surface area contributed by atoms with E-state index >= 15 is 0 Å². The molecule has 2 aliphatic heterocycles. The number of nitrogens with two attached hydrogens (primary N) is 1. The number of thiol groups is 1. The molecule has 26 heavy (non-hydrogen) atoms. The molecule has 2 N–H and O–H groups in total. The normalized spacial score (nSPS) is 19.4. The van der Waals surface area contributed by atoms with Crippen LogP contribution in [-0.2, 0) is 4.74 Å². The van der Waals surface area contributed by atoms with E-state index in [4.69, 9.17) is 25.4 Å². The van der Waals surface area contributed by atoms with E-state index in [9.17, 15) is 0 Å². The molecular formula is C18H17N5O2S. The van der Waals surface area contributed by atoms with Gasteiger partial charge in [-0.05, 0) is 19.1 Å². The summed E-state index contributed by atoms with van der Waals surface area (Å²) in [5, 5.41) is 18.7. The van der Waals surface area contributed by atoms with Gasteiger partial charge in [0.2, 0.25) is 0 Å². The quantitative estimate of drug-likeness (QED) is 0.688. The van der Waals surface area contributed by atoms with Crippen LogP contribution in [0.1, 0.15) is 6.92 Å². The number of aromatic nitrogens is 1. The van der Waals surface area contributed by atoms with Crippen molar-refractivity contribution < 1.29 is 9.15 Å². The highest BCUT2D eigenvalue weighted by Gasteiger charge is 2.33. The molecule has 2 aliphatic rings. The fourth-order valence-electron chi connectivity index (χ4n) is 2.96. The maximum Gasteiger partial charge on any atom is 0.139 e. The number of ether oxygens (including phenoxy) is 1. The average Bonchev–Trinajstić information content (AvgIpc) is 3.13. The largest absolute Gasteiger partial charge is 0.464 e. The number of hydrogen-bond donors (Lipinski definition) is 2. The van der Waals surface area contributed by atoms with Crippen LogP contribution in [0.25, 0.3) is 11.0 Å². The molecule has 4 rings (SSSR count). The number of nitrogen functional groups attached to an aromatic ring is 1. The molecule has 7 nitrogen and oxygen atoms in total. The first-order valence-corrected chi connectivity index (χ1v) is 8.45. The van der Waals surface area contributed by atoms with Gasteiger partial charge in [-0.25, -0.2) is 4.98 Å². The number of nitriles is 2. The number of nitrogens with zero attached hydrogens (tertiary/aromatic N) is 4. The van der Waals surface area contributed by atoms with Gasteiger partial charge in [-0.1, -0.05) is 0 Å². The lowest BCUT2D eigenvalue weighted by Gasteiger charge is -2.38. The summed E-state index contributed by atoms with van der Waals surface area (Å²) in [5.41, 5.74) is 9.15. The van der Waals surface area contributed by atoms with E-state index in [1.165, 1.54) is 0 Å². The van der Waals surface area contributed by atoms with Crippen LogP contribution in [0.4, 0.5) is 5.82 Å². The first-order valence-electron chi connectivity index (χ1n) is 7.93. The van der Waals surface area contributed by atoms with E-state index in [1.54, 1.807) is 24.6 Å². The third-order valence-electron chi connectivity index (χ3n) is 4.33. The van der Waals surface area contributed by atoms with Gasteiger partial charge in [0.15, 0.2) is 0 Å². The smallest absolute Gasteiger partial charge is 0.139 e. The Morgan fingerprint density at radius 1 is 1.31 bits per heavy atom. The molecule has 0 radical (unpaired) electrons. The fourth-order valence-corrected chi connectivity index (χ4v) is 3.41. The van der Waals surface area contributed by atoms with Crippen LogP contribution in [0.3, 0.4) is 0 Å². The molecule has 0 bridgehead atoms. The van der Waals surface area contributed by atoms with Gasteiger partial charge < -0.3 is 19.8 Å². The Bertz CT molecular complexity index is 979. The molecule has 1 unspecified atom stereocenters. The van der Waals surface area contributed by atoms with Crippen molar-refractivity contribution in [3.8, 4) is 12.1 Å². The average molecular weight is 367 g/mol. The van der Waals surface area contributed by atoms with E-state index in [2.05, 4.69) is 29.8 Å². The van der Waals surface area contributed by atoms with Crippen molar-refractivity contribution in [2.45, 2.75) is 12.2 Å². The monoisotopic (exact) mass is 367 g/mol. The van der Waals surface area contributed by atoms with Crippen molar-refractivity contribution in [3.05, 3.63) is 47.1 Å². The highest BCUT2D eigenvalue weighted by molar-refractivity contribution is 7.81. The van der Waals surface area contributed by atoms with Crippen molar-refractivity contribution in [1.82, 2.24) is 9.88 Å². The van der Waals surface area contributed by atoms with E-state index in [-0.39, 0.29) is 0 Å². The maximum atomic E-state index is 9.13. The van der Waals surface area contributed by atoms with E-state index in [0.29, 0.717) is 36.7 Å². The van der Waals surface area contributed by atoms with E-state index < -0.39 is 5.25 Å². The second kappa shape index (κ2) is 7.52. The summed E-state index contributed by atoms with van der Waals surface area (Å²) in [6.45, 7) is 3.63. The minimum Gasteiger partial charge on any atom is -0.464 e. The summed E-state index contributed by atoms with van der Waals surface area (Å²) in [6, 6.07) is 7.86. The third-order valence-corrected chi connectivity index (χ3v) is 4.84. The predicted octanol–water partition coefficient (Wildman–Crippen LogP) is 2.62. The predicted molar refractivity (Wildman–Crippen MR) is 99.7 cm³/mol. The topological polar surface area (TPSA) is 112 Å². The van der Waals surface area contributed by atoms with E-state index in [1.807, 2.05) is 11.8 Å². The lowest BCUT2D eigenvalue weighted by molar-refractivity contribution is 0.0843. The van der Waals surface area contributed by atoms with Gasteiger partial charge in [-0.15, -0.1) is 0 Å². The van der Waals surface area contributed by atoms with Crippen LogP contribution in [0.2, 0.25) is 0 Å². The zero-order chi connectivity index (χ0) is 18.7. The minimum atomic E-state index is -0.414. The van der Waals surface area contributed by atoms with Crippen LogP contribution < -0.4 is 5.73 Å². The van der Waals surface area contributed by atoms with Crippen molar-refractivity contribution in [1.29, 1.82) is 10.5 Å². The summed E-state index contributed by atoms with van der Waals surface area (Å²) in [4.78, 5) is 5.89. The molecule has 2 aromatic heterocycles. The number of rotatable bonds is 0. The Hall–Kier alpha value is -2.94. The highest BCUT2D eigenvalue weighted by atomic mass is 32.1. The number of hydrogen-bond acceptors (Lipinski definition) is 8. The number of morpholine rings is 1. The third kappa shape index (κ3) is 3.13. The molecule has 4 heterocycles. The number of furan rings is 1. The standard InChI is InChI=1S/C11H11N3OS.C7H6N2O/c1-7-8(4-12)11(16)9(5-13)10-6-15-3-2-14(7)10;8-7-5-2-4-10-6(5)1-3-9-7/h11,16H,2-3,6H2,1H3;1-4H,(H2,8,9). The zero-order valence-electron chi connectivity index (χ0n) is 14.1. The molecule has 1 atom stereocenters. The Morgan fingerprint density at radius 2 is 2.08 bits per heavy atom. The summed E-state index contributed by atoms with van der Waals surface area (Å²) in [5.74, 6) is 0.520. The Labute approximate surface area is 156 Å². The molecule has 0 amide bonds. The highest BCUT2D eigenvalue weighted by Crippen LogP contribution is 2.34. The molecule has 1 saturated heterocycles. The number of fused-ring (bicyclic) bond motifs is 2. The van der Waals surface area contributed by atoms with E-state index in [0.717, 1.165) is 22.4 Å².